The van der Waals surface area contributed by atoms with Crippen LogP contribution in [-0.2, 0) is 0 Å². The molecule has 3 nitrogen and oxygen atoms in total. The van der Waals surface area contributed by atoms with Crippen LogP contribution in [0, 0.1) is 5.95 Å². The van der Waals surface area contributed by atoms with Gasteiger partial charge in [0.15, 0.2) is 0 Å². The number of nitrogens with zero attached hydrogens (tertiary/aromatic N) is 1. The van der Waals surface area contributed by atoms with Crippen molar-refractivity contribution in [3.8, 4) is 0 Å². The fourth-order valence-corrected chi connectivity index (χ4v) is 0.556. The molecule has 74 valence electrons. The topological polar surface area (TPSA) is 56.0 Å². The van der Waals surface area contributed by atoms with E-state index in [0.717, 1.165) is 6.07 Å². The van der Waals surface area contributed by atoms with Crippen molar-refractivity contribution in [3.05, 3.63) is 29.8 Å². The molecule has 0 aliphatic rings. The molecule has 0 spiro atoms. The Hall–Kier alpha value is -1.45. The SMILES string of the molecule is CCC.NC(=O)c1ccnc(F)c1.[HH]. The molecule has 4 heteroatoms. The molecule has 1 amide bonds. The Morgan fingerprint density at radius 2 is 2.23 bits per heavy atom. The summed E-state index contributed by atoms with van der Waals surface area (Å²) < 4.78 is 12.2. The van der Waals surface area contributed by atoms with Crippen molar-refractivity contribution in [3.63, 3.8) is 0 Å². The van der Waals surface area contributed by atoms with Crippen LogP contribution in [0.25, 0.3) is 0 Å². The van der Waals surface area contributed by atoms with Crippen molar-refractivity contribution >= 4 is 5.91 Å². The van der Waals surface area contributed by atoms with Gasteiger partial charge in [-0.2, -0.15) is 4.39 Å². The van der Waals surface area contributed by atoms with Gasteiger partial charge in [0, 0.05) is 19.3 Å². The van der Waals surface area contributed by atoms with Crippen molar-refractivity contribution in [2.24, 2.45) is 5.73 Å². The van der Waals surface area contributed by atoms with E-state index >= 15 is 0 Å². The van der Waals surface area contributed by atoms with Crippen LogP contribution in [0.3, 0.4) is 0 Å². The number of nitrogens with two attached hydrogens (primary N) is 1. The Labute approximate surface area is 78.3 Å². The quantitative estimate of drug-likeness (QED) is 0.682. The number of aromatic nitrogens is 1. The molecule has 0 aliphatic carbocycles. The van der Waals surface area contributed by atoms with E-state index in [0.29, 0.717) is 0 Å². The molecule has 1 rings (SSSR count). The van der Waals surface area contributed by atoms with Gasteiger partial charge in [-0.1, -0.05) is 20.3 Å². The number of pyridine rings is 1. The minimum atomic E-state index is -0.698. The maximum atomic E-state index is 12.2. The first-order valence-corrected chi connectivity index (χ1v) is 4.03. The van der Waals surface area contributed by atoms with Crippen molar-refractivity contribution in [1.82, 2.24) is 4.98 Å². The first-order valence-electron chi connectivity index (χ1n) is 4.03. The summed E-state index contributed by atoms with van der Waals surface area (Å²) in [7, 11) is 0. The predicted octanol–water partition coefficient (Wildman–Crippen LogP) is 1.98. The van der Waals surface area contributed by atoms with E-state index in [1.165, 1.54) is 18.7 Å². The van der Waals surface area contributed by atoms with Crippen LogP contribution in [0.15, 0.2) is 18.3 Å². The van der Waals surface area contributed by atoms with Gasteiger partial charge in [-0.05, 0) is 6.07 Å². The van der Waals surface area contributed by atoms with Crippen LogP contribution < -0.4 is 5.73 Å². The van der Waals surface area contributed by atoms with E-state index < -0.39 is 11.9 Å². The zero-order valence-electron chi connectivity index (χ0n) is 7.75. The molecule has 0 aromatic carbocycles. The minimum Gasteiger partial charge on any atom is -0.366 e. The van der Waals surface area contributed by atoms with E-state index in [1.807, 2.05) is 0 Å². The molecule has 1 aromatic heterocycles. The summed E-state index contributed by atoms with van der Waals surface area (Å²) in [5.74, 6) is -1.35. The first kappa shape index (κ1) is 11.6. The van der Waals surface area contributed by atoms with Gasteiger partial charge in [-0.15, -0.1) is 0 Å². The average Bonchev–Trinajstić information content (AvgIpc) is 2.05. The molecule has 0 fully saturated rings. The van der Waals surface area contributed by atoms with E-state index in [-0.39, 0.29) is 6.99 Å². The average molecular weight is 186 g/mol. The standard InChI is InChI=1S/C6H5FN2O.C3H8.H2/c7-5-3-4(6(8)10)1-2-9-5;1-3-2;/h1-3H,(H2,8,10);3H2,1-2H3;1H. The van der Waals surface area contributed by atoms with Gasteiger partial charge in [-0.3, -0.25) is 4.79 Å². The molecule has 2 N–H and O–H groups in total. The Bertz CT molecular complexity index is 281. The first-order chi connectivity index (χ1) is 6.11. The summed E-state index contributed by atoms with van der Waals surface area (Å²) in [5.41, 5.74) is 4.98. The summed E-state index contributed by atoms with van der Waals surface area (Å²) in [5, 5.41) is 0. The molecular weight excluding hydrogens is 171 g/mol. The van der Waals surface area contributed by atoms with Crippen molar-refractivity contribution in [2.45, 2.75) is 20.3 Å². The Balaban J connectivity index is 0. The Kier molecular flexibility index (Phi) is 5.43. The lowest BCUT2D eigenvalue weighted by Gasteiger charge is -1.91. The lowest BCUT2D eigenvalue weighted by Crippen LogP contribution is -2.11. The molecule has 0 saturated carbocycles. The number of halogens is 1. The fourth-order valence-electron chi connectivity index (χ4n) is 0.556. The number of hydrogen-bond donors (Lipinski definition) is 1. The normalized spacial score (nSPS) is 8.54. The van der Waals surface area contributed by atoms with Crippen LogP contribution in [0.2, 0.25) is 0 Å². The van der Waals surface area contributed by atoms with E-state index in [4.69, 9.17) is 5.73 Å². The summed E-state index contributed by atoms with van der Waals surface area (Å²) >= 11 is 0. The van der Waals surface area contributed by atoms with E-state index in [9.17, 15) is 9.18 Å². The molecule has 0 unspecified atom stereocenters. The number of carbonyl (C=O) groups excluding carboxylic acids is 1. The van der Waals surface area contributed by atoms with Gasteiger partial charge in [0.1, 0.15) is 0 Å². The van der Waals surface area contributed by atoms with Gasteiger partial charge >= 0.3 is 0 Å². The lowest BCUT2D eigenvalue weighted by molar-refractivity contribution is 0.0999. The molecule has 1 aromatic rings. The number of primary amides is 1. The summed E-state index contributed by atoms with van der Waals surface area (Å²) in [6.07, 6.45) is 2.44. The zero-order valence-corrected chi connectivity index (χ0v) is 7.75. The largest absolute Gasteiger partial charge is 0.366 e. The van der Waals surface area contributed by atoms with Gasteiger partial charge in [0.05, 0.1) is 0 Å². The molecule has 0 aliphatic heterocycles. The minimum absolute atomic E-state index is 0. The fraction of sp³-hybridized carbons (Fsp3) is 0.333. The van der Waals surface area contributed by atoms with Crippen molar-refractivity contribution in [1.29, 1.82) is 0 Å². The number of amides is 1. The maximum Gasteiger partial charge on any atom is 0.248 e. The maximum absolute atomic E-state index is 12.2. The molecule has 13 heavy (non-hydrogen) atoms. The number of hydrogen-bond acceptors (Lipinski definition) is 2. The Morgan fingerprint density at radius 3 is 2.54 bits per heavy atom. The highest BCUT2D eigenvalue weighted by Crippen LogP contribution is 1.97. The zero-order chi connectivity index (χ0) is 10.3. The van der Waals surface area contributed by atoms with Crippen LogP contribution in [0.1, 0.15) is 32.1 Å². The Morgan fingerprint density at radius 1 is 1.69 bits per heavy atom. The van der Waals surface area contributed by atoms with Gasteiger partial charge in [0.2, 0.25) is 11.9 Å². The molecule has 0 bridgehead atoms. The molecule has 0 radical (unpaired) electrons. The number of rotatable bonds is 1. The van der Waals surface area contributed by atoms with Crippen LogP contribution in [0.5, 0.6) is 0 Å². The third-order valence-electron chi connectivity index (χ3n) is 1.01. The van der Waals surface area contributed by atoms with Gasteiger partial charge < -0.3 is 5.73 Å². The monoisotopic (exact) mass is 186 g/mol. The van der Waals surface area contributed by atoms with Crippen molar-refractivity contribution < 1.29 is 10.6 Å². The smallest absolute Gasteiger partial charge is 0.248 e. The van der Waals surface area contributed by atoms with E-state index in [2.05, 4.69) is 18.8 Å². The third kappa shape index (κ3) is 4.90. The van der Waals surface area contributed by atoms with Crippen LogP contribution in [-0.4, -0.2) is 10.9 Å². The molecule has 0 atom stereocenters. The lowest BCUT2D eigenvalue weighted by atomic mass is 10.3. The summed E-state index contributed by atoms with van der Waals surface area (Å²) in [6, 6.07) is 2.34. The summed E-state index contributed by atoms with van der Waals surface area (Å²) in [4.78, 5) is 13.6. The second-order valence-electron chi connectivity index (χ2n) is 2.44. The second kappa shape index (κ2) is 6.11. The predicted molar refractivity (Wildman–Crippen MR) is 50.8 cm³/mol. The molecule has 0 saturated heterocycles. The molecular formula is C9H15FN2O. The highest BCUT2D eigenvalue weighted by atomic mass is 19.1. The number of carbonyl (C=O) groups is 1. The van der Waals surface area contributed by atoms with Crippen LogP contribution >= 0.6 is 0 Å². The van der Waals surface area contributed by atoms with Gasteiger partial charge in [0.25, 0.3) is 0 Å². The highest BCUT2D eigenvalue weighted by Gasteiger charge is 1.99. The summed E-state index contributed by atoms with van der Waals surface area (Å²) in [6.45, 7) is 4.25. The second-order valence-corrected chi connectivity index (χ2v) is 2.44. The highest BCUT2D eigenvalue weighted by molar-refractivity contribution is 5.92. The molecule has 1 heterocycles. The van der Waals surface area contributed by atoms with E-state index in [1.54, 1.807) is 0 Å². The van der Waals surface area contributed by atoms with Crippen molar-refractivity contribution in [2.75, 3.05) is 0 Å². The third-order valence-corrected chi connectivity index (χ3v) is 1.01. The van der Waals surface area contributed by atoms with Gasteiger partial charge in [-0.25, -0.2) is 4.98 Å². The van der Waals surface area contributed by atoms with Crippen LogP contribution in [0.4, 0.5) is 4.39 Å².